The Bertz CT molecular complexity index is 662. The van der Waals surface area contributed by atoms with E-state index in [1.807, 2.05) is 0 Å². The van der Waals surface area contributed by atoms with Gasteiger partial charge in [0.1, 0.15) is 9.77 Å². The number of carbonyl (C=O) groups excluding carboxylic acids is 1. The molecule has 0 atom stereocenters. The molecule has 0 bridgehead atoms. The highest BCUT2D eigenvalue weighted by Crippen LogP contribution is 2.28. The maximum atomic E-state index is 12.6. The van der Waals surface area contributed by atoms with E-state index in [-0.39, 0.29) is 22.7 Å². The number of carboxylic acid groups (broad SMARTS) is 1. The summed E-state index contributed by atoms with van der Waals surface area (Å²) < 4.78 is 26.5. The normalized spacial score (nSPS) is 15.9. The van der Waals surface area contributed by atoms with Crippen LogP contribution >= 0.6 is 11.3 Å². The molecule has 0 unspecified atom stereocenters. The maximum Gasteiger partial charge on any atom is 0.305 e. The number of carboxylic acids is 1. The molecule has 122 valence electrons. The van der Waals surface area contributed by atoms with E-state index < -0.39 is 21.9 Å². The fourth-order valence-corrected chi connectivity index (χ4v) is 5.17. The standard InChI is InChI=1S/C13H18N2O5S2/c1-14(8-4-11(16)17)13(18)12-10(5-9-21-12)22(19,20)15-6-2-3-7-15/h5,9H,2-4,6-8H2,1H3,(H,16,17). The van der Waals surface area contributed by atoms with Gasteiger partial charge in [0, 0.05) is 26.7 Å². The van der Waals surface area contributed by atoms with E-state index in [9.17, 15) is 18.0 Å². The van der Waals surface area contributed by atoms with Crippen LogP contribution in [0.5, 0.6) is 0 Å². The summed E-state index contributed by atoms with van der Waals surface area (Å²) in [5.41, 5.74) is 0. The van der Waals surface area contributed by atoms with Crippen LogP contribution in [0.4, 0.5) is 0 Å². The van der Waals surface area contributed by atoms with Gasteiger partial charge in [-0.2, -0.15) is 4.31 Å². The molecule has 1 N–H and O–H groups in total. The number of amides is 1. The number of aliphatic carboxylic acids is 1. The number of nitrogens with zero attached hydrogens (tertiary/aromatic N) is 2. The average Bonchev–Trinajstić information content (AvgIpc) is 3.14. The topological polar surface area (TPSA) is 95.0 Å². The molecular formula is C13H18N2O5S2. The number of hydrogen-bond acceptors (Lipinski definition) is 5. The summed E-state index contributed by atoms with van der Waals surface area (Å²) in [4.78, 5) is 24.3. The van der Waals surface area contributed by atoms with Crippen molar-refractivity contribution in [2.24, 2.45) is 0 Å². The molecule has 1 saturated heterocycles. The van der Waals surface area contributed by atoms with E-state index in [4.69, 9.17) is 5.11 Å². The van der Waals surface area contributed by atoms with Crippen LogP contribution in [0.1, 0.15) is 28.9 Å². The summed E-state index contributed by atoms with van der Waals surface area (Å²) >= 11 is 1.06. The van der Waals surface area contributed by atoms with Gasteiger partial charge in [-0.3, -0.25) is 9.59 Å². The Labute approximate surface area is 133 Å². The van der Waals surface area contributed by atoms with Crippen LogP contribution in [0.25, 0.3) is 0 Å². The van der Waals surface area contributed by atoms with Crippen molar-refractivity contribution >= 4 is 33.2 Å². The van der Waals surface area contributed by atoms with E-state index in [0.29, 0.717) is 13.1 Å². The highest BCUT2D eigenvalue weighted by molar-refractivity contribution is 7.89. The first-order valence-corrected chi connectivity index (χ1v) is 9.21. The van der Waals surface area contributed by atoms with Crippen molar-refractivity contribution in [2.75, 3.05) is 26.7 Å². The molecule has 2 heterocycles. The largest absolute Gasteiger partial charge is 0.481 e. The predicted octanol–water partition coefficient (Wildman–Crippen LogP) is 1.08. The molecule has 1 fully saturated rings. The molecule has 1 amide bonds. The quantitative estimate of drug-likeness (QED) is 0.832. The van der Waals surface area contributed by atoms with Crippen LogP contribution < -0.4 is 0 Å². The van der Waals surface area contributed by atoms with Crippen LogP contribution in [-0.4, -0.2) is 61.3 Å². The first kappa shape index (κ1) is 16.9. The molecule has 0 aromatic carbocycles. The smallest absolute Gasteiger partial charge is 0.305 e. The molecular weight excluding hydrogens is 328 g/mol. The van der Waals surface area contributed by atoms with Crippen molar-refractivity contribution in [3.8, 4) is 0 Å². The lowest BCUT2D eigenvalue weighted by atomic mass is 10.3. The zero-order chi connectivity index (χ0) is 16.3. The van der Waals surface area contributed by atoms with E-state index in [1.54, 1.807) is 5.38 Å². The summed E-state index contributed by atoms with van der Waals surface area (Å²) in [7, 11) is -2.19. The Morgan fingerprint density at radius 2 is 2.00 bits per heavy atom. The van der Waals surface area contributed by atoms with Gasteiger partial charge in [0.25, 0.3) is 5.91 Å². The number of rotatable bonds is 6. The minimum Gasteiger partial charge on any atom is -0.481 e. The monoisotopic (exact) mass is 346 g/mol. The van der Waals surface area contributed by atoms with Gasteiger partial charge in [0.2, 0.25) is 10.0 Å². The van der Waals surface area contributed by atoms with Crippen LogP contribution in [0.15, 0.2) is 16.3 Å². The van der Waals surface area contributed by atoms with Crippen molar-refractivity contribution in [2.45, 2.75) is 24.2 Å². The number of hydrogen-bond donors (Lipinski definition) is 1. The van der Waals surface area contributed by atoms with Gasteiger partial charge < -0.3 is 10.0 Å². The zero-order valence-electron chi connectivity index (χ0n) is 12.2. The SMILES string of the molecule is CN(CCC(=O)O)C(=O)c1sccc1S(=O)(=O)N1CCCC1. The molecule has 2 rings (SSSR count). The minimum atomic E-state index is -3.66. The Hall–Kier alpha value is -1.45. The molecule has 1 aliphatic rings. The summed E-state index contributed by atoms with van der Waals surface area (Å²) in [6.07, 6.45) is 1.47. The second-order valence-corrected chi connectivity index (χ2v) is 7.92. The molecule has 0 aliphatic carbocycles. The summed E-state index contributed by atoms with van der Waals surface area (Å²) in [6, 6.07) is 1.44. The summed E-state index contributed by atoms with van der Waals surface area (Å²) in [6.45, 7) is 0.983. The van der Waals surface area contributed by atoms with Gasteiger partial charge in [-0.1, -0.05) is 0 Å². The Balaban J connectivity index is 2.21. The van der Waals surface area contributed by atoms with E-state index in [2.05, 4.69) is 0 Å². The number of thiophene rings is 1. The van der Waals surface area contributed by atoms with Crippen LogP contribution in [-0.2, 0) is 14.8 Å². The van der Waals surface area contributed by atoms with Crippen LogP contribution in [0.3, 0.4) is 0 Å². The Morgan fingerprint density at radius 1 is 1.36 bits per heavy atom. The lowest BCUT2D eigenvalue weighted by Gasteiger charge is -2.18. The molecule has 22 heavy (non-hydrogen) atoms. The van der Waals surface area contributed by atoms with Gasteiger partial charge in [0.05, 0.1) is 6.42 Å². The lowest BCUT2D eigenvalue weighted by molar-refractivity contribution is -0.137. The van der Waals surface area contributed by atoms with Gasteiger partial charge in [-0.05, 0) is 24.3 Å². The second kappa shape index (κ2) is 6.76. The fraction of sp³-hybridized carbons (Fsp3) is 0.538. The number of sulfonamides is 1. The Morgan fingerprint density at radius 3 is 2.59 bits per heavy atom. The van der Waals surface area contributed by atoms with Crippen molar-refractivity contribution in [1.29, 1.82) is 0 Å². The van der Waals surface area contributed by atoms with Gasteiger partial charge in [0.15, 0.2) is 0 Å². The van der Waals surface area contributed by atoms with Crippen LogP contribution in [0, 0.1) is 0 Å². The first-order chi connectivity index (χ1) is 10.3. The predicted molar refractivity (Wildman–Crippen MR) is 81.5 cm³/mol. The first-order valence-electron chi connectivity index (χ1n) is 6.89. The number of carbonyl (C=O) groups is 2. The van der Waals surface area contributed by atoms with Gasteiger partial charge in [-0.25, -0.2) is 8.42 Å². The third-order valence-electron chi connectivity index (χ3n) is 3.51. The van der Waals surface area contributed by atoms with Crippen LogP contribution in [0.2, 0.25) is 0 Å². The molecule has 0 saturated carbocycles. The summed E-state index contributed by atoms with van der Waals surface area (Å²) in [5.74, 6) is -1.47. The van der Waals surface area contributed by atoms with Crippen molar-refractivity contribution in [3.63, 3.8) is 0 Å². The molecule has 1 aromatic rings. The molecule has 1 aromatic heterocycles. The van der Waals surface area contributed by atoms with E-state index >= 15 is 0 Å². The van der Waals surface area contributed by atoms with Crippen molar-refractivity contribution < 1.29 is 23.1 Å². The zero-order valence-corrected chi connectivity index (χ0v) is 13.8. The molecule has 7 nitrogen and oxygen atoms in total. The van der Waals surface area contributed by atoms with E-state index in [0.717, 1.165) is 24.2 Å². The summed E-state index contributed by atoms with van der Waals surface area (Å²) in [5, 5.41) is 10.2. The highest BCUT2D eigenvalue weighted by Gasteiger charge is 2.32. The lowest BCUT2D eigenvalue weighted by Crippen LogP contribution is -2.32. The average molecular weight is 346 g/mol. The molecule has 1 aliphatic heterocycles. The maximum absolute atomic E-state index is 12.6. The van der Waals surface area contributed by atoms with Gasteiger partial charge >= 0.3 is 5.97 Å². The van der Waals surface area contributed by atoms with E-state index in [1.165, 1.54) is 22.3 Å². The minimum absolute atomic E-state index is 0.0200. The molecule has 0 radical (unpaired) electrons. The van der Waals surface area contributed by atoms with Gasteiger partial charge in [-0.15, -0.1) is 11.3 Å². The molecule has 0 spiro atoms. The third-order valence-corrected chi connectivity index (χ3v) is 6.49. The third kappa shape index (κ3) is 3.47. The van der Waals surface area contributed by atoms with Crippen molar-refractivity contribution in [3.05, 3.63) is 16.3 Å². The fourth-order valence-electron chi connectivity index (χ4n) is 2.26. The second-order valence-electron chi connectivity index (χ2n) is 5.10. The highest BCUT2D eigenvalue weighted by atomic mass is 32.2. The van der Waals surface area contributed by atoms with Crippen molar-refractivity contribution in [1.82, 2.24) is 9.21 Å². The molecule has 9 heteroatoms. The Kier molecular flexibility index (Phi) is 5.20.